The van der Waals surface area contributed by atoms with Crippen LogP contribution in [0.15, 0.2) is 72.8 Å². The fourth-order valence-corrected chi connectivity index (χ4v) is 3.35. The highest BCUT2D eigenvalue weighted by Gasteiger charge is 2.17. The van der Waals surface area contributed by atoms with E-state index in [2.05, 4.69) is 0 Å². The molecule has 1 aromatic heterocycles. The maximum Gasteiger partial charge on any atom is 0.203 e. The Balaban J connectivity index is 1.95. The molecule has 6 nitrogen and oxygen atoms in total. The molecule has 156 valence electrons. The summed E-state index contributed by atoms with van der Waals surface area (Å²) in [6, 6.07) is 22.3. The zero-order valence-electron chi connectivity index (χ0n) is 17.5. The maximum absolute atomic E-state index is 9.95. The molecule has 0 bridgehead atoms. The molecular formula is C25H22N2O4. The number of phenolic OH excluding ortho intramolecular Hbond substituents is 1. The molecule has 31 heavy (non-hydrogen) atoms. The Kier molecular flexibility index (Phi) is 5.71. The van der Waals surface area contributed by atoms with Crippen molar-refractivity contribution in [1.29, 1.82) is 0 Å². The molecule has 4 aromatic rings. The molecule has 0 aliphatic rings. The number of hydrogen-bond donors (Lipinski definition) is 1. The van der Waals surface area contributed by atoms with E-state index < -0.39 is 0 Å². The first-order valence-electron chi connectivity index (χ1n) is 9.67. The van der Waals surface area contributed by atoms with Crippen LogP contribution in [0.2, 0.25) is 0 Å². The van der Waals surface area contributed by atoms with Gasteiger partial charge in [-0.25, -0.2) is 9.97 Å². The second-order valence-corrected chi connectivity index (χ2v) is 6.79. The Morgan fingerprint density at radius 2 is 1.23 bits per heavy atom. The first-order chi connectivity index (χ1) is 15.1. The summed E-state index contributed by atoms with van der Waals surface area (Å²) in [5.41, 5.74) is 3.84. The van der Waals surface area contributed by atoms with Crippen LogP contribution in [0.25, 0.3) is 33.9 Å². The van der Waals surface area contributed by atoms with Crippen LogP contribution in [0.4, 0.5) is 0 Å². The van der Waals surface area contributed by atoms with E-state index >= 15 is 0 Å². The monoisotopic (exact) mass is 414 g/mol. The Bertz CT molecular complexity index is 1180. The van der Waals surface area contributed by atoms with Crippen LogP contribution in [0.5, 0.6) is 23.0 Å². The molecule has 3 aromatic carbocycles. The number of rotatable bonds is 6. The van der Waals surface area contributed by atoms with Crippen LogP contribution >= 0.6 is 0 Å². The van der Waals surface area contributed by atoms with Crippen molar-refractivity contribution >= 4 is 0 Å². The number of benzene rings is 3. The topological polar surface area (TPSA) is 73.7 Å². The normalized spacial score (nSPS) is 10.5. The predicted molar refractivity (Wildman–Crippen MR) is 120 cm³/mol. The van der Waals surface area contributed by atoms with Crippen LogP contribution < -0.4 is 14.2 Å². The van der Waals surface area contributed by atoms with Gasteiger partial charge in [-0.3, -0.25) is 0 Å². The Morgan fingerprint density at radius 1 is 0.613 bits per heavy atom. The number of aromatic nitrogens is 2. The van der Waals surface area contributed by atoms with Gasteiger partial charge in [0.1, 0.15) is 5.75 Å². The summed E-state index contributed by atoms with van der Waals surface area (Å²) in [6.07, 6.45) is 0. The molecule has 0 spiro atoms. The molecule has 0 saturated carbocycles. The summed E-state index contributed by atoms with van der Waals surface area (Å²) in [7, 11) is 4.72. The number of nitrogens with zero attached hydrogens (tertiary/aromatic N) is 2. The van der Waals surface area contributed by atoms with Crippen LogP contribution in [0, 0.1) is 0 Å². The van der Waals surface area contributed by atoms with Crippen LogP contribution in [-0.4, -0.2) is 36.4 Å². The SMILES string of the molecule is COc1cc(-c2cc(-c3cccc(O)c3)nc(-c3ccccc3)n2)cc(OC)c1OC. The number of phenols is 1. The van der Waals surface area contributed by atoms with E-state index in [1.807, 2.05) is 54.6 Å². The molecule has 0 aliphatic carbocycles. The molecule has 1 N–H and O–H groups in total. The smallest absolute Gasteiger partial charge is 0.203 e. The standard InChI is InChI=1S/C25H22N2O4/c1-29-22-13-18(14-23(30-2)24(22)31-3)21-15-20(17-10-7-11-19(28)12-17)26-25(27-21)16-8-5-4-6-9-16/h4-15,28H,1-3H3. The van der Waals surface area contributed by atoms with Crippen molar-refractivity contribution in [1.82, 2.24) is 9.97 Å². The zero-order valence-corrected chi connectivity index (χ0v) is 17.5. The minimum atomic E-state index is 0.173. The van der Waals surface area contributed by atoms with Crippen molar-refractivity contribution in [2.45, 2.75) is 0 Å². The second kappa shape index (κ2) is 8.75. The minimum Gasteiger partial charge on any atom is -0.508 e. The van der Waals surface area contributed by atoms with Gasteiger partial charge in [-0.2, -0.15) is 0 Å². The second-order valence-electron chi connectivity index (χ2n) is 6.79. The van der Waals surface area contributed by atoms with Crippen molar-refractivity contribution in [3.8, 4) is 56.9 Å². The van der Waals surface area contributed by atoms with Gasteiger partial charge in [0.15, 0.2) is 17.3 Å². The molecule has 6 heteroatoms. The van der Waals surface area contributed by atoms with Crippen molar-refractivity contribution in [3.05, 3.63) is 72.8 Å². The summed E-state index contributed by atoms with van der Waals surface area (Å²) in [4.78, 5) is 9.55. The van der Waals surface area contributed by atoms with Crippen LogP contribution in [0.3, 0.4) is 0 Å². The lowest BCUT2D eigenvalue weighted by molar-refractivity contribution is 0.324. The molecule has 0 unspecified atom stereocenters. The molecule has 0 amide bonds. The van der Waals surface area contributed by atoms with Gasteiger partial charge in [0.25, 0.3) is 0 Å². The van der Waals surface area contributed by atoms with Crippen molar-refractivity contribution in [3.63, 3.8) is 0 Å². The highest BCUT2D eigenvalue weighted by atomic mass is 16.5. The molecule has 4 rings (SSSR count). The molecule has 0 aliphatic heterocycles. The third-order valence-electron chi connectivity index (χ3n) is 4.86. The summed E-state index contributed by atoms with van der Waals surface area (Å²) in [5, 5.41) is 9.95. The maximum atomic E-state index is 9.95. The van der Waals surface area contributed by atoms with Gasteiger partial charge >= 0.3 is 0 Å². The fourth-order valence-electron chi connectivity index (χ4n) is 3.35. The first-order valence-corrected chi connectivity index (χ1v) is 9.67. The van der Waals surface area contributed by atoms with Gasteiger partial charge in [0.2, 0.25) is 5.75 Å². The summed E-state index contributed by atoms with van der Waals surface area (Å²) in [6.45, 7) is 0. The van der Waals surface area contributed by atoms with Gasteiger partial charge in [0, 0.05) is 16.7 Å². The van der Waals surface area contributed by atoms with E-state index in [0.717, 1.165) is 16.7 Å². The number of hydrogen-bond acceptors (Lipinski definition) is 6. The van der Waals surface area contributed by atoms with E-state index in [1.165, 1.54) is 0 Å². The van der Waals surface area contributed by atoms with E-state index in [9.17, 15) is 5.11 Å². The summed E-state index contributed by atoms with van der Waals surface area (Å²) in [5.74, 6) is 2.34. The molecule has 1 heterocycles. The van der Waals surface area contributed by atoms with Crippen molar-refractivity contribution < 1.29 is 19.3 Å². The average Bonchev–Trinajstić information content (AvgIpc) is 2.83. The lowest BCUT2D eigenvalue weighted by Crippen LogP contribution is -1.98. The van der Waals surface area contributed by atoms with Gasteiger partial charge in [0.05, 0.1) is 32.7 Å². The van der Waals surface area contributed by atoms with E-state index in [0.29, 0.717) is 34.5 Å². The number of aromatic hydroxyl groups is 1. The zero-order chi connectivity index (χ0) is 21.8. The lowest BCUT2D eigenvalue weighted by Gasteiger charge is -2.15. The van der Waals surface area contributed by atoms with Crippen LogP contribution in [-0.2, 0) is 0 Å². The summed E-state index contributed by atoms with van der Waals surface area (Å²) < 4.78 is 16.4. The largest absolute Gasteiger partial charge is 0.508 e. The van der Waals surface area contributed by atoms with E-state index in [-0.39, 0.29) is 5.75 Å². The minimum absolute atomic E-state index is 0.173. The number of methoxy groups -OCH3 is 3. The Hall–Kier alpha value is -4.06. The predicted octanol–water partition coefficient (Wildman–Crippen LogP) is 5.21. The summed E-state index contributed by atoms with van der Waals surface area (Å²) >= 11 is 0. The molecule has 0 fully saturated rings. The van der Waals surface area contributed by atoms with Gasteiger partial charge in [-0.05, 0) is 30.3 Å². The van der Waals surface area contributed by atoms with Crippen LogP contribution in [0.1, 0.15) is 0 Å². The number of ether oxygens (including phenoxy) is 3. The first kappa shape index (κ1) is 20.2. The van der Waals surface area contributed by atoms with E-state index in [1.54, 1.807) is 39.5 Å². The van der Waals surface area contributed by atoms with Gasteiger partial charge in [-0.15, -0.1) is 0 Å². The van der Waals surface area contributed by atoms with E-state index in [4.69, 9.17) is 24.2 Å². The third kappa shape index (κ3) is 4.14. The average molecular weight is 414 g/mol. The molecule has 0 radical (unpaired) electrons. The van der Waals surface area contributed by atoms with Gasteiger partial charge < -0.3 is 19.3 Å². The van der Waals surface area contributed by atoms with Crippen molar-refractivity contribution in [2.24, 2.45) is 0 Å². The molecule has 0 saturated heterocycles. The Labute approximate surface area is 180 Å². The highest BCUT2D eigenvalue weighted by molar-refractivity contribution is 5.75. The molecule has 0 atom stereocenters. The highest BCUT2D eigenvalue weighted by Crippen LogP contribution is 2.41. The third-order valence-corrected chi connectivity index (χ3v) is 4.86. The quantitative estimate of drug-likeness (QED) is 0.467. The van der Waals surface area contributed by atoms with Gasteiger partial charge in [-0.1, -0.05) is 42.5 Å². The fraction of sp³-hybridized carbons (Fsp3) is 0.120. The molecular weight excluding hydrogens is 392 g/mol. The lowest BCUT2D eigenvalue weighted by atomic mass is 10.1. The Morgan fingerprint density at radius 3 is 1.81 bits per heavy atom. The van der Waals surface area contributed by atoms with Crippen molar-refractivity contribution in [2.75, 3.05) is 21.3 Å².